The monoisotopic (exact) mass is 953 g/mol. The van der Waals surface area contributed by atoms with E-state index >= 15 is 0 Å². The number of unbranched alkanes of at least 4 members (excludes halogenated alkanes) is 40. The maximum atomic E-state index is 12.3. The smallest absolute Gasteiger partial charge is 0.306 e. The normalized spacial score (nSPS) is 12.5. The Labute approximate surface area is 424 Å². The summed E-state index contributed by atoms with van der Waals surface area (Å²) in [5, 5.41) is 9.65. The van der Waals surface area contributed by atoms with Crippen LogP contribution in [0.5, 0.6) is 0 Å². The maximum Gasteiger partial charge on any atom is 0.306 e. The molecule has 5 nitrogen and oxygen atoms in total. The van der Waals surface area contributed by atoms with Crippen molar-refractivity contribution in [2.45, 2.75) is 328 Å². The van der Waals surface area contributed by atoms with Gasteiger partial charge in [0.05, 0.1) is 6.61 Å². The van der Waals surface area contributed by atoms with Gasteiger partial charge in [0.15, 0.2) is 6.10 Å². The second kappa shape index (κ2) is 59.2. The third-order valence-electron chi connectivity index (χ3n) is 13.6. The van der Waals surface area contributed by atoms with Gasteiger partial charge in [0.2, 0.25) is 0 Å². The number of esters is 2. The highest BCUT2D eigenvalue weighted by atomic mass is 16.6. The van der Waals surface area contributed by atoms with Crippen LogP contribution < -0.4 is 0 Å². The molecule has 0 aliphatic carbocycles. The summed E-state index contributed by atoms with van der Waals surface area (Å²) >= 11 is 0. The van der Waals surface area contributed by atoms with E-state index < -0.39 is 6.10 Å². The Morgan fingerprint density at radius 3 is 0.956 bits per heavy atom. The highest BCUT2D eigenvalue weighted by molar-refractivity contribution is 5.70. The molecule has 0 fully saturated rings. The summed E-state index contributed by atoms with van der Waals surface area (Å²) in [7, 11) is 0. The maximum absolute atomic E-state index is 12.3. The van der Waals surface area contributed by atoms with Crippen molar-refractivity contribution >= 4 is 11.9 Å². The molecular weight excluding hydrogens is 837 g/mol. The van der Waals surface area contributed by atoms with Crippen LogP contribution in [-0.2, 0) is 19.1 Å². The predicted octanol–water partition coefficient (Wildman–Crippen LogP) is 20.4. The summed E-state index contributed by atoms with van der Waals surface area (Å²) in [5.41, 5.74) is 0. The molecule has 0 aliphatic rings. The Kier molecular flexibility index (Phi) is 57.3. The van der Waals surface area contributed by atoms with Crippen molar-refractivity contribution in [3.05, 3.63) is 48.6 Å². The number of rotatable bonds is 56. The van der Waals surface area contributed by atoms with Crippen LogP contribution in [0.3, 0.4) is 0 Å². The summed E-state index contributed by atoms with van der Waals surface area (Å²) in [6.45, 7) is 4.07. The molecule has 1 atom stereocenters. The minimum atomic E-state index is -0.767. The van der Waals surface area contributed by atoms with Gasteiger partial charge in [-0.05, 0) is 51.4 Å². The number of aliphatic hydroxyl groups is 1. The number of ether oxygens (including phenoxy) is 2. The zero-order valence-electron chi connectivity index (χ0n) is 45.6. The van der Waals surface area contributed by atoms with Crippen molar-refractivity contribution in [3.8, 4) is 0 Å². The van der Waals surface area contributed by atoms with Gasteiger partial charge in [0, 0.05) is 12.8 Å². The number of carbonyl (C=O) groups is 2. The number of allylic oxidation sites excluding steroid dienone is 8. The van der Waals surface area contributed by atoms with Gasteiger partial charge in [-0.25, -0.2) is 0 Å². The average Bonchev–Trinajstić information content (AvgIpc) is 3.34. The van der Waals surface area contributed by atoms with Crippen molar-refractivity contribution in [2.75, 3.05) is 13.2 Å². The lowest BCUT2D eigenvalue weighted by Crippen LogP contribution is -2.28. The Morgan fingerprint density at radius 1 is 0.353 bits per heavy atom. The van der Waals surface area contributed by atoms with E-state index in [1.165, 1.54) is 238 Å². The number of hydrogen-bond acceptors (Lipinski definition) is 5. The minimum Gasteiger partial charge on any atom is -0.462 e. The molecule has 0 saturated heterocycles. The van der Waals surface area contributed by atoms with Gasteiger partial charge in [-0.1, -0.05) is 306 Å². The molecule has 398 valence electrons. The third kappa shape index (κ3) is 56.4. The summed E-state index contributed by atoms with van der Waals surface area (Å²) in [6.07, 6.45) is 78.3. The van der Waals surface area contributed by atoms with Gasteiger partial charge >= 0.3 is 11.9 Å². The molecule has 0 aliphatic heterocycles. The number of carbonyl (C=O) groups excluding carboxylic acids is 2. The predicted molar refractivity (Wildman–Crippen MR) is 297 cm³/mol. The van der Waals surface area contributed by atoms with E-state index in [1.807, 2.05) is 0 Å². The standard InChI is InChI=1S/C63H116O5/c1-3-5-7-9-11-13-15-17-19-21-22-23-24-25-26-27-28-29-30-31-32-33-34-35-36-37-38-39-40-42-44-46-48-50-52-54-56-58-63(66)68-61(59-64)60-67-62(65)57-55-53-51-49-47-45-43-41-20-18-16-14-12-10-8-6-4-2/h5,7,11,13,17,19,22-23,61,64H,3-4,6,8-10,12,14-16,18,20-21,24-60H2,1-2H3/b7-5-,13-11-,19-17-,23-22-. The zero-order valence-corrected chi connectivity index (χ0v) is 45.6. The van der Waals surface area contributed by atoms with Gasteiger partial charge in [0.1, 0.15) is 6.61 Å². The molecule has 1 N–H and O–H groups in total. The van der Waals surface area contributed by atoms with E-state index in [0.29, 0.717) is 12.8 Å². The molecule has 0 aromatic rings. The lowest BCUT2D eigenvalue weighted by molar-refractivity contribution is -0.161. The van der Waals surface area contributed by atoms with Crippen LogP contribution in [0.25, 0.3) is 0 Å². The van der Waals surface area contributed by atoms with E-state index in [4.69, 9.17) is 9.47 Å². The second-order valence-electron chi connectivity index (χ2n) is 20.4. The van der Waals surface area contributed by atoms with Crippen molar-refractivity contribution < 1.29 is 24.2 Å². The topological polar surface area (TPSA) is 72.8 Å². The largest absolute Gasteiger partial charge is 0.462 e. The molecule has 0 aromatic heterocycles. The van der Waals surface area contributed by atoms with E-state index in [1.54, 1.807) is 0 Å². The summed E-state index contributed by atoms with van der Waals surface area (Å²) in [6, 6.07) is 0. The van der Waals surface area contributed by atoms with Crippen molar-refractivity contribution in [2.24, 2.45) is 0 Å². The Hall–Kier alpha value is -2.14. The molecule has 1 unspecified atom stereocenters. The first-order chi connectivity index (χ1) is 33.6. The first-order valence-corrected chi connectivity index (χ1v) is 30.2. The number of hydrogen-bond donors (Lipinski definition) is 1. The van der Waals surface area contributed by atoms with Crippen LogP contribution in [0.15, 0.2) is 48.6 Å². The van der Waals surface area contributed by atoms with Crippen molar-refractivity contribution in [1.82, 2.24) is 0 Å². The van der Waals surface area contributed by atoms with E-state index in [9.17, 15) is 14.7 Å². The van der Waals surface area contributed by atoms with Crippen LogP contribution in [0.2, 0.25) is 0 Å². The highest BCUT2D eigenvalue weighted by Gasteiger charge is 2.16. The van der Waals surface area contributed by atoms with Gasteiger partial charge in [-0.3, -0.25) is 9.59 Å². The SMILES string of the molecule is CC/C=C\C/C=C\C/C=C\C/C=C\CCCCCCCCCCCCCCCCCCCCCCCCCCC(=O)OC(CO)COC(=O)CCCCCCCCCCCCCCCCCCC. The van der Waals surface area contributed by atoms with Crippen LogP contribution in [0.4, 0.5) is 0 Å². The summed E-state index contributed by atoms with van der Waals surface area (Å²) < 4.78 is 10.7. The fourth-order valence-electron chi connectivity index (χ4n) is 9.14. The fraction of sp³-hybridized carbons (Fsp3) is 0.841. The molecule has 0 radical (unpaired) electrons. The third-order valence-corrected chi connectivity index (χ3v) is 13.6. The zero-order chi connectivity index (χ0) is 49.2. The Morgan fingerprint density at radius 2 is 0.632 bits per heavy atom. The molecule has 0 heterocycles. The summed E-state index contributed by atoms with van der Waals surface area (Å²) in [4.78, 5) is 24.5. The molecule has 68 heavy (non-hydrogen) atoms. The quantitative estimate of drug-likeness (QED) is 0.0374. The Balaban J connectivity index is 3.38. The Bertz CT molecular complexity index is 1120. The molecule has 0 spiro atoms. The highest BCUT2D eigenvalue weighted by Crippen LogP contribution is 2.18. The second-order valence-corrected chi connectivity index (χ2v) is 20.4. The van der Waals surface area contributed by atoms with E-state index in [0.717, 1.165) is 57.8 Å². The molecule has 0 aromatic carbocycles. The molecule has 0 rings (SSSR count). The molecule has 0 saturated carbocycles. The van der Waals surface area contributed by atoms with Crippen molar-refractivity contribution in [3.63, 3.8) is 0 Å². The van der Waals surface area contributed by atoms with Crippen LogP contribution in [-0.4, -0.2) is 36.4 Å². The fourth-order valence-corrected chi connectivity index (χ4v) is 9.14. The van der Waals surface area contributed by atoms with Crippen LogP contribution in [0, 0.1) is 0 Å². The van der Waals surface area contributed by atoms with Gasteiger partial charge < -0.3 is 14.6 Å². The van der Waals surface area contributed by atoms with Gasteiger partial charge in [-0.15, -0.1) is 0 Å². The van der Waals surface area contributed by atoms with E-state index in [2.05, 4.69) is 62.5 Å². The van der Waals surface area contributed by atoms with Crippen molar-refractivity contribution in [1.29, 1.82) is 0 Å². The summed E-state index contributed by atoms with van der Waals surface area (Å²) in [5.74, 6) is -0.570. The molecule has 0 amide bonds. The first kappa shape index (κ1) is 65.9. The lowest BCUT2D eigenvalue weighted by atomic mass is 10.0. The van der Waals surface area contributed by atoms with E-state index in [-0.39, 0.29) is 25.2 Å². The molecular formula is C63H116O5. The first-order valence-electron chi connectivity index (χ1n) is 30.2. The average molecular weight is 954 g/mol. The lowest BCUT2D eigenvalue weighted by Gasteiger charge is -2.15. The van der Waals surface area contributed by atoms with Gasteiger partial charge in [-0.2, -0.15) is 0 Å². The minimum absolute atomic E-state index is 0.0590. The van der Waals surface area contributed by atoms with Crippen LogP contribution in [0.1, 0.15) is 322 Å². The van der Waals surface area contributed by atoms with Crippen LogP contribution >= 0.6 is 0 Å². The number of aliphatic hydroxyl groups excluding tert-OH is 1. The molecule has 5 heteroatoms. The molecule has 0 bridgehead atoms. The van der Waals surface area contributed by atoms with Gasteiger partial charge in [0.25, 0.3) is 0 Å².